The minimum absolute atomic E-state index is 0.0546. The van der Waals surface area contributed by atoms with Gasteiger partial charge in [0.05, 0.1) is 12.2 Å². The second kappa shape index (κ2) is 2.73. The van der Waals surface area contributed by atoms with Crippen LogP contribution in [0.25, 0.3) is 0 Å². The Bertz CT molecular complexity index is 482. The van der Waals surface area contributed by atoms with Gasteiger partial charge in [0.2, 0.25) is 11.9 Å². The molecule has 0 bridgehead atoms. The number of carbonyl (C=O) groups is 1. The number of phenolic OH excluding ortho intramolecular Hbond substituents is 1. The van der Waals surface area contributed by atoms with Crippen LogP contribution in [0.15, 0.2) is 23.2 Å². The Kier molecular flexibility index (Phi) is 1.50. The lowest BCUT2D eigenvalue weighted by atomic mass is 10.1. The number of aromatic hydroxyl groups is 1. The van der Waals surface area contributed by atoms with Gasteiger partial charge in [-0.05, 0) is 12.1 Å². The van der Waals surface area contributed by atoms with Gasteiger partial charge in [0.15, 0.2) is 0 Å². The lowest BCUT2D eigenvalue weighted by Crippen LogP contribution is -2.31. The van der Waals surface area contributed by atoms with E-state index in [1.54, 1.807) is 12.1 Å². The number of guanidine groups is 1. The van der Waals surface area contributed by atoms with Gasteiger partial charge >= 0.3 is 0 Å². The monoisotopic (exact) mass is 203 g/mol. The zero-order valence-corrected chi connectivity index (χ0v) is 7.90. The Hall–Kier alpha value is -2.04. The Labute approximate surface area is 86.0 Å². The van der Waals surface area contributed by atoms with Crippen LogP contribution in [0.5, 0.6) is 5.75 Å². The van der Waals surface area contributed by atoms with E-state index in [-0.39, 0.29) is 11.7 Å². The maximum atomic E-state index is 11.1. The molecule has 76 valence electrons. The molecule has 0 saturated carbocycles. The maximum absolute atomic E-state index is 11.1. The molecule has 5 nitrogen and oxygen atoms in total. The molecule has 1 aromatic rings. The van der Waals surface area contributed by atoms with Crippen molar-refractivity contribution in [1.82, 2.24) is 10.2 Å². The van der Waals surface area contributed by atoms with E-state index in [9.17, 15) is 9.90 Å². The third-order valence-electron chi connectivity index (χ3n) is 2.59. The molecule has 2 heterocycles. The van der Waals surface area contributed by atoms with Gasteiger partial charge < -0.3 is 10.0 Å². The average Bonchev–Trinajstić information content (AvgIpc) is 2.55. The molecule has 15 heavy (non-hydrogen) atoms. The first-order chi connectivity index (χ1) is 7.24. The SMILES string of the molecule is O=C1CN2Cc3c(O)cccc3N=C2N1. The molecular weight excluding hydrogens is 194 g/mol. The van der Waals surface area contributed by atoms with E-state index in [2.05, 4.69) is 10.3 Å². The van der Waals surface area contributed by atoms with Crippen molar-refractivity contribution in [1.29, 1.82) is 0 Å². The number of nitrogens with one attached hydrogen (secondary N) is 1. The predicted octanol–water partition coefficient (Wildman–Crippen LogP) is 0.325. The van der Waals surface area contributed by atoms with E-state index in [0.717, 1.165) is 11.3 Å². The molecule has 0 aromatic heterocycles. The fraction of sp³-hybridized carbons (Fsp3) is 0.200. The van der Waals surface area contributed by atoms with Crippen molar-refractivity contribution in [3.05, 3.63) is 23.8 Å². The molecule has 2 aliphatic rings. The second-order valence-corrected chi connectivity index (χ2v) is 3.61. The molecule has 1 amide bonds. The van der Waals surface area contributed by atoms with E-state index < -0.39 is 0 Å². The first-order valence-corrected chi connectivity index (χ1v) is 4.68. The molecule has 0 unspecified atom stereocenters. The summed E-state index contributed by atoms with van der Waals surface area (Å²) in [5.74, 6) is 0.758. The number of nitrogens with zero attached hydrogens (tertiary/aromatic N) is 2. The average molecular weight is 203 g/mol. The van der Waals surface area contributed by atoms with E-state index >= 15 is 0 Å². The summed E-state index contributed by atoms with van der Waals surface area (Å²) in [6.07, 6.45) is 0. The van der Waals surface area contributed by atoms with Crippen LogP contribution in [0, 0.1) is 0 Å². The summed E-state index contributed by atoms with van der Waals surface area (Å²) in [7, 11) is 0. The number of hydrogen-bond donors (Lipinski definition) is 2. The maximum Gasteiger partial charge on any atom is 0.246 e. The highest BCUT2D eigenvalue weighted by molar-refractivity contribution is 6.05. The number of aliphatic imine (C=N–C) groups is 1. The molecule has 1 saturated heterocycles. The topological polar surface area (TPSA) is 64.9 Å². The summed E-state index contributed by atoms with van der Waals surface area (Å²) >= 11 is 0. The van der Waals surface area contributed by atoms with Crippen molar-refractivity contribution in [2.24, 2.45) is 4.99 Å². The van der Waals surface area contributed by atoms with Crippen molar-refractivity contribution in [3.63, 3.8) is 0 Å². The fourth-order valence-electron chi connectivity index (χ4n) is 1.86. The first kappa shape index (κ1) is 8.28. The summed E-state index contributed by atoms with van der Waals surface area (Å²) in [5, 5.41) is 12.3. The summed E-state index contributed by atoms with van der Waals surface area (Å²) < 4.78 is 0. The highest BCUT2D eigenvalue weighted by Crippen LogP contribution is 2.32. The highest BCUT2D eigenvalue weighted by atomic mass is 16.3. The zero-order chi connectivity index (χ0) is 10.4. The molecule has 0 spiro atoms. The minimum Gasteiger partial charge on any atom is -0.508 e. The second-order valence-electron chi connectivity index (χ2n) is 3.61. The van der Waals surface area contributed by atoms with Gasteiger partial charge in [-0.2, -0.15) is 0 Å². The smallest absolute Gasteiger partial charge is 0.246 e. The molecule has 2 aliphatic heterocycles. The van der Waals surface area contributed by atoms with Crippen LogP contribution in [-0.4, -0.2) is 28.4 Å². The molecule has 2 N–H and O–H groups in total. The molecule has 0 atom stereocenters. The molecule has 0 aliphatic carbocycles. The third kappa shape index (κ3) is 1.16. The number of rotatable bonds is 0. The lowest BCUT2D eigenvalue weighted by Gasteiger charge is -2.23. The standard InChI is InChI=1S/C10H9N3O2/c14-8-3-1-2-7-6(8)4-13-5-9(15)12-10(13)11-7/h1-3,14H,4-5H2,(H,11,12,15). The number of hydrogen-bond acceptors (Lipinski definition) is 4. The van der Waals surface area contributed by atoms with Crippen LogP contribution in [0.3, 0.4) is 0 Å². The van der Waals surface area contributed by atoms with Crippen molar-refractivity contribution < 1.29 is 9.90 Å². The van der Waals surface area contributed by atoms with Crippen LogP contribution in [0.1, 0.15) is 5.56 Å². The quantitative estimate of drug-likeness (QED) is 0.638. The van der Waals surface area contributed by atoms with Crippen LogP contribution >= 0.6 is 0 Å². The Morgan fingerprint density at radius 2 is 2.27 bits per heavy atom. The van der Waals surface area contributed by atoms with Gasteiger partial charge in [-0.3, -0.25) is 10.1 Å². The Morgan fingerprint density at radius 1 is 1.40 bits per heavy atom. The van der Waals surface area contributed by atoms with Gasteiger partial charge in [0.1, 0.15) is 12.3 Å². The van der Waals surface area contributed by atoms with Gasteiger partial charge in [0.25, 0.3) is 0 Å². The van der Waals surface area contributed by atoms with E-state index in [4.69, 9.17) is 0 Å². The number of amides is 1. The molecule has 5 heteroatoms. The number of fused-ring (bicyclic) bond motifs is 2. The highest BCUT2D eigenvalue weighted by Gasteiger charge is 2.29. The summed E-state index contributed by atoms with van der Waals surface area (Å²) in [6.45, 7) is 0.839. The van der Waals surface area contributed by atoms with Gasteiger partial charge in [-0.15, -0.1) is 0 Å². The Balaban J connectivity index is 2.10. The van der Waals surface area contributed by atoms with Crippen molar-refractivity contribution in [3.8, 4) is 5.75 Å². The third-order valence-corrected chi connectivity index (χ3v) is 2.59. The van der Waals surface area contributed by atoms with E-state index in [1.165, 1.54) is 0 Å². The van der Waals surface area contributed by atoms with Gasteiger partial charge in [0, 0.05) is 5.56 Å². The van der Waals surface area contributed by atoms with Crippen molar-refractivity contribution in [2.45, 2.75) is 6.54 Å². The lowest BCUT2D eigenvalue weighted by molar-refractivity contribution is -0.118. The van der Waals surface area contributed by atoms with Crippen LogP contribution < -0.4 is 5.32 Å². The minimum atomic E-state index is -0.0546. The van der Waals surface area contributed by atoms with E-state index in [0.29, 0.717) is 19.0 Å². The molecule has 1 fully saturated rings. The largest absolute Gasteiger partial charge is 0.508 e. The molecular formula is C10H9N3O2. The molecule has 1 aromatic carbocycles. The van der Waals surface area contributed by atoms with Gasteiger partial charge in [-0.25, -0.2) is 4.99 Å². The zero-order valence-electron chi connectivity index (χ0n) is 7.90. The predicted molar refractivity (Wildman–Crippen MR) is 53.8 cm³/mol. The summed E-state index contributed by atoms with van der Waals surface area (Å²) in [4.78, 5) is 17.2. The van der Waals surface area contributed by atoms with Gasteiger partial charge in [-0.1, -0.05) is 6.07 Å². The summed E-state index contributed by atoms with van der Waals surface area (Å²) in [6, 6.07) is 5.19. The van der Waals surface area contributed by atoms with E-state index in [1.807, 2.05) is 11.0 Å². The van der Waals surface area contributed by atoms with Crippen LogP contribution in [-0.2, 0) is 11.3 Å². The van der Waals surface area contributed by atoms with Crippen LogP contribution in [0.2, 0.25) is 0 Å². The van der Waals surface area contributed by atoms with Crippen molar-refractivity contribution in [2.75, 3.05) is 6.54 Å². The normalized spacial score (nSPS) is 18.0. The molecule has 0 radical (unpaired) electrons. The number of phenols is 1. The van der Waals surface area contributed by atoms with Crippen molar-refractivity contribution >= 4 is 17.6 Å². The number of carbonyl (C=O) groups excluding carboxylic acids is 1. The molecule has 3 rings (SSSR count). The fourth-order valence-corrected chi connectivity index (χ4v) is 1.86. The number of benzene rings is 1. The Morgan fingerprint density at radius 3 is 3.13 bits per heavy atom. The first-order valence-electron chi connectivity index (χ1n) is 4.68. The van der Waals surface area contributed by atoms with Crippen LogP contribution in [0.4, 0.5) is 5.69 Å². The summed E-state index contributed by atoms with van der Waals surface area (Å²) in [5.41, 5.74) is 1.50.